The maximum atomic E-state index is 5.82. The zero-order valence-corrected chi connectivity index (χ0v) is 12.7. The van der Waals surface area contributed by atoms with Gasteiger partial charge in [0.05, 0.1) is 16.8 Å². The predicted molar refractivity (Wildman–Crippen MR) is 78.5 cm³/mol. The van der Waals surface area contributed by atoms with Crippen LogP contribution in [0.1, 0.15) is 49.7 Å². The van der Waals surface area contributed by atoms with Gasteiger partial charge in [0.2, 0.25) is 0 Å². The van der Waals surface area contributed by atoms with E-state index in [0.29, 0.717) is 17.9 Å². The first-order valence-corrected chi connectivity index (χ1v) is 8.38. The molecule has 0 unspecified atom stereocenters. The van der Waals surface area contributed by atoms with Crippen molar-refractivity contribution in [2.45, 2.75) is 51.7 Å². The Kier molecular flexibility index (Phi) is 4.20. The molecule has 2 fully saturated rings. The Morgan fingerprint density at radius 3 is 3.00 bits per heavy atom. The lowest BCUT2D eigenvalue weighted by Gasteiger charge is -2.22. The minimum absolute atomic E-state index is 0.435. The van der Waals surface area contributed by atoms with Crippen molar-refractivity contribution >= 4 is 11.3 Å². The van der Waals surface area contributed by atoms with Gasteiger partial charge in [0.25, 0.3) is 0 Å². The van der Waals surface area contributed by atoms with Gasteiger partial charge in [-0.3, -0.25) is 0 Å². The average Bonchev–Trinajstić information content (AvgIpc) is 2.95. The third kappa shape index (κ3) is 3.36. The van der Waals surface area contributed by atoms with Crippen molar-refractivity contribution in [3.63, 3.8) is 0 Å². The van der Waals surface area contributed by atoms with Crippen LogP contribution in [0.4, 0.5) is 0 Å². The Labute approximate surface area is 119 Å². The molecule has 0 amide bonds. The molecule has 0 radical (unpaired) electrons. The topological polar surface area (TPSA) is 34.1 Å². The number of hydrogen-bond donors (Lipinski definition) is 1. The van der Waals surface area contributed by atoms with Gasteiger partial charge in [0.1, 0.15) is 0 Å². The van der Waals surface area contributed by atoms with Crippen LogP contribution in [0.3, 0.4) is 0 Å². The molecule has 4 heteroatoms. The fourth-order valence-electron chi connectivity index (χ4n) is 2.92. The minimum atomic E-state index is 0.435. The maximum Gasteiger partial charge on any atom is 0.0959 e. The molecule has 0 spiro atoms. The van der Waals surface area contributed by atoms with Crippen molar-refractivity contribution in [3.8, 4) is 0 Å². The summed E-state index contributed by atoms with van der Waals surface area (Å²) in [5, 5.41) is 7.13. The standard InChI is InChI=1S/C15H24N2OS/c1-10(2)14-12(5-6-18-14)7-16-8-13-9-19-15(17-13)11-3-4-11/h9-12,14,16H,3-8H2,1-2H3/t12-,14-/m1/s1. The molecule has 0 bridgehead atoms. The van der Waals surface area contributed by atoms with Crippen LogP contribution < -0.4 is 5.32 Å². The van der Waals surface area contributed by atoms with Crippen molar-refractivity contribution in [1.82, 2.24) is 10.3 Å². The van der Waals surface area contributed by atoms with E-state index >= 15 is 0 Å². The third-order valence-electron chi connectivity index (χ3n) is 4.13. The highest BCUT2D eigenvalue weighted by molar-refractivity contribution is 7.09. The van der Waals surface area contributed by atoms with Crippen LogP contribution in [-0.2, 0) is 11.3 Å². The first-order chi connectivity index (χ1) is 9.24. The van der Waals surface area contributed by atoms with Crippen LogP contribution in [0.2, 0.25) is 0 Å². The van der Waals surface area contributed by atoms with E-state index in [1.807, 2.05) is 11.3 Å². The summed E-state index contributed by atoms with van der Waals surface area (Å²) in [5.41, 5.74) is 1.21. The van der Waals surface area contributed by atoms with Crippen molar-refractivity contribution in [2.75, 3.05) is 13.2 Å². The fraction of sp³-hybridized carbons (Fsp3) is 0.800. The minimum Gasteiger partial charge on any atom is -0.378 e. The van der Waals surface area contributed by atoms with Crippen LogP contribution in [-0.4, -0.2) is 24.2 Å². The summed E-state index contributed by atoms with van der Waals surface area (Å²) < 4.78 is 5.82. The normalized spacial score (nSPS) is 27.3. The molecule has 1 saturated carbocycles. The van der Waals surface area contributed by atoms with Crippen LogP contribution in [0.25, 0.3) is 0 Å². The van der Waals surface area contributed by atoms with E-state index in [1.165, 1.54) is 30.0 Å². The van der Waals surface area contributed by atoms with Crippen LogP contribution >= 0.6 is 11.3 Å². The summed E-state index contributed by atoms with van der Waals surface area (Å²) in [7, 11) is 0. The molecule has 3 nitrogen and oxygen atoms in total. The second-order valence-corrected chi connectivity index (χ2v) is 7.10. The van der Waals surface area contributed by atoms with Crippen LogP contribution in [0.5, 0.6) is 0 Å². The third-order valence-corrected chi connectivity index (χ3v) is 5.19. The molecular weight excluding hydrogens is 256 g/mol. The largest absolute Gasteiger partial charge is 0.378 e. The van der Waals surface area contributed by atoms with E-state index in [-0.39, 0.29) is 0 Å². The van der Waals surface area contributed by atoms with Gasteiger partial charge < -0.3 is 10.1 Å². The summed E-state index contributed by atoms with van der Waals surface area (Å²) in [6, 6.07) is 0. The molecule has 2 atom stereocenters. The monoisotopic (exact) mass is 280 g/mol. The van der Waals surface area contributed by atoms with Gasteiger partial charge in [-0.1, -0.05) is 13.8 Å². The summed E-state index contributed by atoms with van der Waals surface area (Å²) in [6.45, 7) is 7.40. The predicted octanol–water partition coefficient (Wildman–Crippen LogP) is 3.17. The van der Waals surface area contributed by atoms with Gasteiger partial charge in [0, 0.05) is 31.0 Å². The van der Waals surface area contributed by atoms with Gasteiger partial charge in [0.15, 0.2) is 0 Å². The first kappa shape index (κ1) is 13.5. The van der Waals surface area contributed by atoms with Crippen molar-refractivity contribution in [2.24, 2.45) is 11.8 Å². The lowest BCUT2D eigenvalue weighted by Crippen LogP contribution is -2.31. The zero-order valence-electron chi connectivity index (χ0n) is 11.9. The molecule has 106 valence electrons. The van der Waals surface area contributed by atoms with E-state index in [2.05, 4.69) is 24.5 Å². The van der Waals surface area contributed by atoms with Crippen LogP contribution in [0, 0.1) is 11.8 Å². The lowest BCUT2D eigenvalue weighted by atomic mass is 9.93. The molecule has 0 aromatic carbocycles. The van der Waals surface area contributed by atoms with Crippen molar-refractivity contribution in [3.05, 3.63) is 16.1 Å². The van der Waals surface area contributed by atoms with Gasteiger partial charge in [-0.2, -0.15) is 0 Å². The Balaban J connectivity index is 1.44. The Morgan fingerprint density at radius 1 is 1.42 bits per heavy atom. The van der Waals surface area contributed by atoms with Crippen molar-refractivity contribution in [1.29, 1.82) is 0 Å². The molecule has 2 heterocycles. The first-order valence-electron chi connectivity index (χ1n) is 7.50. The molecule has 1 aliphatic heterocycles. The molecule has 1 aliphatic carbocycles. The van der Waals surface area contributed by atoms with E-state index < -0.39 is 0 Å². The number of rotatable bonds is 6. The summed E-state index contributed by atoms with van der Waals surface area (Å²) in [4.78, 5) is 4.72. The lowest BCUT2D eigenvalue weighted by molar-refractivity contribution is 0.0539. The highest BCUT2D eigenvalue weighted by Crippen LogP contribution is 2.41. The summed E-state index contributed by atoms with van der Waals surface area (Å²) >= 11 is 1.83. The zero-order chi connectivity index (χ0) is 13.2. The van der Waals surface area contributed by atoms with Gasteiger partial charge in [-0.25, -0.2) is 4.98 Å². The highest BCUT2D eigenvalue weighted by Gasteiger charge is 2.30. The molecule has 3 rings (SSSR count). The molecule has 2 aliphatic rings. The number of aromatic nitrogens is 1. The fourth-order valence-corrected chi connectivity index (χ4v) is 3.91. The quantitative estimate of drug-likeness (QED) is 0.869. The summed E-state index contributed by atoms with van der Waals surface area (Å²) in [6.07, 6.45) is 4.32. The molecule has 19 heavy (non-hydrogen) atoms. The highest BCUT2D eigenvalue weighted by atomic mass is 32.1. The van der Waals surface area contributed by atoms with Crippen molar-refractivity contribution < 1.29 is 4.74 Å². The number of hydrogen-bond acceptors (Lipinski definition) is 4. The number of nitrogens with one attached hydrogen (secondary N) is 1. The van der Waals surface area contributed by atoms with Gasteiger partial charge in [-0.05, 0) is 31.1 Å². The van der Waals surface area contributed by atoms with E-state index in [4.69, 9.17) is 9.72 Å². The Morgan fingerprint density at radius 2 is 2.26 bits per heavy atom. The SMILES string of the molecule is CC(C)[C@H]1OCC[C@@H]1CNCc1csc(C2CC2)n1. The Bertz CT molecular complexity index is 414. The molecule has 1 aromatic heterocycles. The molecular formula is C15H24N2OS. The van der Waals surface area contributed by atoms with E-state index in [0.717, 1.165) is 25.6 Å². The number of ether oxygens (including phenoxy) is 1. The van der Waals surface area contributed by atoms with Crippen LogP contribution in [0.15, 0.2) is 5.38 Å². The second kappa shape index (κ2) is 5.90. The number of thiazole rings is 1. The molecule has 1 N–H and O–H groups in total. The summed E-state index contributed by atoms with van der Waals surface area (Å²) in [5.74, 6) is 2.07. The molecule has 1 aromatic rings. The second-order valence-electron chi connectivity index (χ2n) is 6.21. The van der Waals surface area contributed by atoms with Gasteiger partial charge in [-0.15, -0.1) is 11.3 Å². The van der Waals surface area contributed by atoms with Gasteiger partial charge >= 0.3 is 0 Å². The molecule has 1 saturated heterocycles. The van der Waals surface area contributed by atoms with E-state index in [1.54, 1.807) is 0 Å². The average molecular weight is 280 g/mol. The maximum absolute atomic E-state index is 5.82. The number of nitrogens with zero attached hydrogens (tertiary/aromatic N) is 1. The van der Waals surface area contributed by atoms with E-state index in [9.17, 15) is 0 Å². The smallest absolute Gasteiger partial charge is 0.0959 e. The Hall–Kier alpha value is -0.450.